The van der Waals surface area contributed by atoms with Crippen LogP contribution in [0.25, 0.3) is 0 Å². The van der Waals surface area contributed by atoms with Gasteiger partial charge in [0.25, 0.3) is 0 Å². The van der Waals surface area contributed by atoms with Crippen molar-refractivity contribution in [1.82, 2.24) is 0 Å². The maximum absolute atomic E-state index is 12.9. The zero-order valence-corrected chi connectivity index (χ0v) is 9.63. The molecular weight excluding hydrogens is 231 g/mol. The Hall–Kier alpha value is -1.35. The Balaban J connectivity index is 2.78. The number of carbonyl (C=O) groups is 1. The van der Waals surface area contributed by atoms with Crippen molar-refractivity contribution in [2.75, 3.05) is 12.5 Å². The molecule has 4 heteroatoms. The SMILES string of the molecule is CC(=O)c1cc(F)ccc1OCC=CCCl. The van der Waals surface area contributed by atoms with E-state index in [1.165, 1.54) is 25.1 Å². The molecule has 0 fully saturated rings. The van der Waals surface area contributed by atoms with Gasteiger partial charge in [0.1, 0.15) is 18.2 Å². The van der Waals surface area contributed by atoms with Crippen LogP contribution in [0.15, 0.2) is 30.4 Å². The van der Waals surface area contributed by atoms with Crippen LogP contribution in [0.5, 0.6) is 5.75 Å². The lowest BCUT2D eigenvalue weighted by molar-refractivity contribution is 0.101. The maximum atomic E-state index is 12.9. The number of halogens is 2. The van der Waals surface area contributed by atoms with Gasteiger partial charge in [0, 0.05) is 5.88 Å². The van der Waals surface area contributed by atoms with Crippen molar-refractivity contribution < 1.29 is 13.9 Å². The fraction of sp³-hybridized carbons (Fsp3) is 0.250. The van der Waals surface area contributed by atoms with Crippen LogP contribution < -0.4 is 4.74 Å². The summed E-state index contributed by atoms with van der Waals surface area (Å²) in [5.41, 5.74) is 0.249. The number of ketones is 1. The molecule has 0 aliphatic rings. The fourth-order valence-corrected chi connectivity index (χ4v) is 1.30. The number of hydrogen-bond donors (Lipinski definition) is 0. The summed E-state index contributed by atoms with van der Waals surface area (Å²) in [6.07, 6.45) is 3.47. The third kappa shape index (κ3) is 3.66. The number of ether oxygens (including phenoxy) is 1. The Morgan fingerprint density at radius 1 is 1.50 bits per heavy atom. The summed E-state index contributed by atoms with van der Waals surface area (Å²) in [5.74, 6) is 0.115. The van der Waals surface area contributed by atoms with Crippen LogP contribution in [-0.4, -0.2) is 18.3 Å². The van der Waals surface area contributed by atoms with Gasteiger partial charge in [-0.2, -0.15) is 0 Å². The monoisotopic (exact) mass is 242 g/mol. The highest BCUT2D eigenvalue weighted by Crippen LogP contribution is 2.20. The van der Waals surface area contributed by atoms with Gasteiger partial charge in [-0.3, -0.25) is 4.79 Å². The molecule has 0 heterocycles. The molecule has 16 heavy (non-hydrogen) atoms. The third-order valence-electron chi connectivity index (χ3n) is 1.91. The Morgan fingerprint density at radius 2 is 2.25 bits per heavy atom. The second kappa shape index (κ2) is 6.28. The van der Waals surface area contributed by atoms with E-state index >= 15 is 0 Å². The first-order valence-electron chi connectivity index (χ1n) is 4.79. The lowest BCUT2D eigenvalue weighted by Crippen LogP contribution is -2.01. The molecule has 0 atom stereocenters. The van der Waals surface area contributed by atoms with Gasteiger partial charge in [-0.1, -0.05) is 12.2 Å². The summed E-state index contributed by atoms with van der Waals surface area (Å²) < 4.78 is 18.2. The van der Waals surface area contributed by atoms with Crippen LogP contribution >= 0.6 is 11.6 Å². The van der Waals surface area contributed by atoms with Crippen LogP contribution in [-0.2, 0) is 0 Å². The molecule has 0 aliphatic heterocycles. The average Bonchev–Trinajstić information content (AvgIpc) is 2.26. The smallest absolute Gasteiger partial charge is 0.163 e. The number of alkyl halides is 1. The second-order valence-corrected chi connectivity index (χ2v) is 3.44. The summed E-state index contributed by atoms with van der Waals surface area (Å²) in [7, 11) is 0. The fourth-order valence-electron chi connectivity index (χ4n) is 1.17. The largest absolute Gasteiger partial charge is 0.489 e. The van der Waals surface area contributed by atoms with Gasteiger partial charge in [0.15, 0.2) is 5.78 Å². The summed E-state index contributed by atoms with van der Waals surface area (Å²) >= 11 is 5.44. The van der Waals surface area contributed by atoms with Gasteiger partial charge >= 0.3 is 0 Å². The molecule has 86 valence electrons. The van der Waals surface area contributed by atoms with E-state index in [1.807, 2.05) is 0 Å². The first kappa shape index (κ1) is 12.7. The quantitative estimate of drug-likeness (QED) is 0.450. The molecule has 1 aromatic rings. The molecule has 0 N–H and O–H groups in total. The zero-order chi connectivity index (χ0) is 12.0. The van der Waals surface area contributed by atoms with Crippen molar-refractivity contribution in [3.63, 3.8) is 0 Å². The van der Waals surface area contributed by atoms with Crippen molar-refractivity contribution in [2.24, 2.45) is 0 Å². The van der Waals surface area contributed by atoms with Gasteiger partial charge < -0.3 is 4.74 Å². The maximum Gasteiger partial charge on any atom is 0.163 e. The molecule has 0 unspecified atom stereocenters. The zero-order valence-electron chi connectivity index (χ0n) is 8.87. The van der Waals surface area contributed by atoms with E-state index in [9.17, 15) is 9.18 Å². The number of allylic oxidation sites excluding steroid dienone is 1. The molecule has 0 amide bonds. The molecule has 1 aromatic carbocycles. The molecule has 1 rings (SSSR count). The first-order valence-corrected chi connectivity index (χ1v) is 5.33. The van der Waals surface area contributed by atoms with E-state index in [0.717, 1.165) is 0 Å². The highest BCUT2D eigenvalue weighted by atomic mass is 35.5. The molecular formula is C12H12ClFO2. The molecule has 0 spiro atoms. The van der Waals surface area contributed by atoms with E-state index in [4.69, 9.17) is 16.3 Å². The first-order chi connectivity index (χ1) is 7.65. The van der Waals surface area contributed by atoms with E-state index in [-0.39, 0.29) is 11.3 Å². The Morgan fingerprint density at radius 3 is 2.88 bits per heavy atom. The highest BCUT2D eigenvalue weighted by Gasteiger charge is 2.09. The summed E-state index contributed by atoms with van der Waals surface area (Å²) in [6.45, 7) is 1.68. The normalized spacial score (nSPS) is 10.7. The predicted octanol–water partition coefficient (Wildman–Crippen LogP) is 3.20. The highest BCUT2D eigenvalue weighted by molar-refractivity contribution is 6.18. The van der Waals surface area contributed by atoms with Crippen LogP contribution in [0.4, 0.5) is 4.39 Å². The van der Waals surface area contributed by atoms with Gasteiger partial charge in [-0.05, 0) is 25.1 Å². The van der Waals surface area contributed by atoms with Crippen molar-refractivity contribution in [3.8, 4) is 5.75 Å². The molecule has 0 aromatic heterocycles. The van der Waals surface area contributed by atoms with E-state index < -0.39 is 5.82 Å². The van der Waals surface area contributed by atoms with Gasteiger partial charge in [-0.25, -0.2) is 4.39 Å². The summed E-state index contributed by atoms with van der Waals surface area (Å²) in [4.78, 5) is 11.2. The molecule has 0 aliphatic carbocycles. The van der Waals surface area contributed by atoms with E-state index in [2.05, 4.69) is 0 Å². The molecule has 0 radical (unpaired) electrons. The lowest BCUT2D eigenvalue weighted by Gasteiger charge is -2.07. The summed E-state index contributed by atoms with van der Waals surface area (Å²) in [6, 6.07) is 3.87. The van der Waals surface area contributed by atoms with E-state index in [0.29, 0.717) is 18.2 Å². The molecule has 0 bridgehead atoms. The predicted molar refractivity (Wildman–Crippen MR) is 61.8 cm³/mol. The minimum Gasteiger partial charge on any atom is -0.489 e. The van der Waals surface area contributed by atoms with Gasteiger partial charge in [-0.15, -0.1) is 11.6 Å². The number of hydrogen-bond acceptors (Lipinski definition) is 2. The van der Waals surface area contributed by atoms with Crippen molar-refractivity contribution in [3.05, 3.63) is 41.7 Å². The number of carbonyl (C=O) groups excluding carboxylic acids is 1. The van der Waals surface area contributed by atoms with Gasteiger partial charge in [0.05, 0.1) is 5.56 Å². The third-order valence-corrected chi connectivity index (χ3v) is 2.09. The topological polar surface area (TPSA) is 26.3 Å². The van der Waals surface area contributed by atoms with Gasteiger partial charge in [0.2, 0.25) is 0 Å². The van der Waals surface area contributed by atoms with E-state index in [1.54, 1.807) is 12.2 Å². The second-order valence-electron chi connectivity index (χ2n) is 3.13. The van der Waals surface area contributed by atoms with Crippen LogP contribution in [0.2, 0.25) is 0 Å². The minimum atomic E-state index is -0.450. The standard InChI is InChI=1S/C12H12ClFO2/c1-9(15)11-8-10(14)4-5-12(11)16-7-3-2-6-13/h2-5,8H,6-7H2,1H3. The number of Topliss-reactive ketones (excluding diaryl/α,β-unsaturated/α-hetero) is 1. The Kier molecular flexibility index (Phi) is 4.99. The molecule has 0 saturated heterocycles. The van der Waals surface area contributed by atoms with Crippen molar-refractivity contribution >= 4 is 17.4 Å². The average molecular weight is 243 g/mol. The van der Waals surface area contributed by atoms with Crippen LogP contribution in [0.3, 0.4) is 0 Å². The van der Waals surface area contributed by atoms with Crippen molar-refractivity contribution in [1.29, 1.82) is 0 Å². The Bertz CT molecular complexity index is 402. The number of benzene rings is 1. The van der Waals surface area contributed by atoms with Crippen molar-refractivity contribution in [2.45, 2.75) is 6.92 Å². The van der Waals surface area contributed by atoms with Crippen LogP contribution in [0.1, 0.15) is 17.3 Å². The van der Waals surface area contributed by atoms with Crippen LogP contribution in [0, 0.1) is 5.82 Å². The summed E-state index contributed by atoms with van der Waals surface area (Å²) in [5, 5.41) is 0. The lowest BCUT2D eigenvalue weighted by atomic mass is 10.1. The molecule has 2 nitrogen and oxygen atoms in total. The number of rotatable bonds is 5. The Labute approximate surface area is 98.7 Å². The molecule has 0 saturated carbocycles. The minimum absolute atomic E-state index is 0.226.